The van der Waals surface area contributed by atoms with Gasteiger partial charge in [-0.15, -0.1) is 0 Å². The number of carboxylic acids is 2. The Hall–Kier alpha value is -5.64. The summed E-state index contributed by atoms with van der Waals surface area (Å²) in [7, 11) is 0. The van der Waals surface area contributed by atoms with Gasteiger partial charge in [0.2, 0.25) is 11.8 Å². The topological polar surface area (TPSA) is 134 Å². The van der Waals surface area contributed by atoms with E-state index < -0.39 is 47.4 Å². The summed E-state index contributed by atoms with van der Waals surface area (Å²) in [5.41, 5.74) is 1.61. The van der Waals surface area contributed by atoms with Gasteiger partial charge >= 0.3 is 11.9 Å². The predicted octanol–water partition coefficient (Wildman–Crippen LogP) is 7.88. The van der Waals surface area contributed by atoms with Gasteiger partial charge in [-0.1, -0.05) is 73.5 Å². The highest BCUT2D eigenvalue weighted by Gasteiger charge is 2.65. The van der Waals surface area contributed by atoms with Crippen molar-refractivity contribution in [3.63, 3.8) is 0 Å². The minimum Gasteiger partial charge on any atom is -0.481 e. The SMILES string of the molecule is O=C(O)C1C(C(=O)N(Cc2ccc(Oc3ccccc3)cc2)CC2CCC2)C(C(=O)O)C1C(=O)N(Cc1ccc(Oc2ccccc2)cc1)CC1CCC1. The first kappa shape index (κ1) is 36.7. The molecule has 10 heteroatoms. The van der Waals surface area contributed by atoms with Crippen molar-refractivity contribution < 1.29 is 38.9 Å². The molecule has 10 nitrogen and oxygen atoms in total. The molecular weight excluding hydrogens is 684 g/mol. The number of aliphatic carboxylic acids is 2. The number of benzene rings is 4. The molecule has 54 heavy (non-hydrogen) atoms. The maximum atomic E-state index is 14.4. The van der Waals surface area contributed by atoms with Gasteiger partial charge in [-0.2, -0.15) is 0 Å². The Morgan fingerprint density at radius 1 is 0.481 bits per heavy atom. The molecule has 280 valence electrons. The zero-order valence-electron chi connectivity index (χ0n) is 30.2. The highest BCUT2D eigenvalue weighted by atomic mass is 16.5. The molecule has 2 amide bonds. The zero-order chi connectivity index (χ0) is 37.6. The lowest BCUT2D eigenvalue weighted by molar-refractivity contribution is -0.188. The molecule has 0 aliphatic heterocycles. The summed E-state index contributed by atoms with van der Waals surface area (Å²) in [6.45, 7) is 1.17. The first-order chi connectivity index (χ1) is 26.2. The molecule has 0 bridgehead atoms. The largest absolute Gasteiger partial charge is 0.481 e. The smallest absolute Gasteiger partial charge is 0.308 e. The van der Waals surface area contributed by atoms with Crippen LogP contribution in [0.3, 0.4) is 0 Å². The van der Waals surface area contributed by atoms with Gasteiger partial charge in [0.05, 0.1) is 23.7 Å². The Morgan fingerprint density at radius 2 is 0.815 bits per heavy atom. The van der Waals surface area contributed by atoms with Crippen LogP contribution in [0.2, 0.25) is 0 Å². The Morgan fingerprint density at radius 3 is 1.11 bits per heavy atom. The molecule has 0 radical (unpaired) electrons. The minimum atomic E-state index is -1.46. The summed E-state index contributed by atoms with van der Waals surface area (Å²) in [4.78, 5) is 57.9. The van der Waals surface area contributed by atoms with Crippen LogP contribution in [0.25, 0.3) is 0 Å². The Kier molecular flexibility index (Phi) is 11.3. The van der Waals surface area contributed by atoms with Gasteiger partial charge in [0.1, 0.15) is 23.0 Å². The van der Waals surface area contributed by atoms with Crippen LogP contribution in [0, 0.1) is 35.5 Å². The molecule has 3 aliphatic carbocycles. The van der Waals surface area contributed by atoms with Gasteiger partial charge in [0.15, 0.2) is 0 Å². The van der Waals surface area contributed by atoms with E-state index in [9.17, 15) is 29.4 Å². The third kappa shape index (κ3) is 8.43. The van der Waals surface area contributed by atoms with E-state index in [1.54, 1.807) is 9.80 Å². The maximum absolute atomic E-state index is 14.4. The van der Waals surface area contributed by atoms with Crippen molar-refractivity contribution >= 4 is 23.8 Å². The summed E-state index contributed by atoms with van der Waals surface area (Å²) in [6, 6.07) is 33.4. The van der Waals surface area contributed by atoms with E-state index in [4.69, 9.17) is 9.47 Å². The van der Waals surface area contributed by atoms with Gasteiger partial charge in [0, 0.05) is 26.2 Å². The Balaban J connectivity index is 1.09. The van der Waals surface area contributed by atoms with Crippen molar-refractivity contribution in [2.45, 2.75) is 51.6 Å². The van der Waals surface area contributed by atoms with E-state index in [0.717, 1.165) is 49.7 Å². The fraction of sp³-hybridized carbons (Fsp3) is 0.364. The molecule has 0 heterocycles. The quantitative estimate of drug-likeness (QED) is 0.119. The van der Waals surface area contributed by atoms with Gasteiger partial charge in [-0.25, -0.2) is 0 Å². The normalized spacial score (nSPS) is 20.7. The zero-order valence-corrected chi connectivity index (χ0v) is 30.2. The summed E-state index contributed by atoms with van der Waals surface area (Å²) in [5.74, 6) is -6.23. The molecule has 0 spiro atoms. The average Bonchev–Trinajstić information content (AvgIpc) is 3.11. The second-order valence-corrected chi connectivity index (χ2v) is 14.9. The second kappa shape index (κ2) is 16.6. The molecule has 3 aliphatic rings. The number of ether oxygens (including phenoxy) is 2. The van der Waals surface area contributed by atoms with Crippen LogP contribution in [-0.4, -0.2) is 56.9 Å². The molecular formula is C44H46N2O8. The standard InChI is InChI=1S/C44H46N2O8/c47-41(45(25-29-9-7-10-29)27-31-17-21-35(22-18-31)53-33-13-3-1-4-14-33)37-39(43(49)50)38(40(37)44(51)52)42(48)46(26-30-11-8-12-30)28-32-19-23-36(24-20-32)54-34-15-5-2-6-16-34/h1-6,13-24,29-30,37-40H,7-12,25-28H2,(H,49,50)(H,51,52). The highest BCUT2D eigenvalue weighted by molar-refractivity contribution is 5.99. The van der Waals surface area contributed by atoms with E-state index >= 15 is 0 Å². The van der Waals surface area contributed by atoms with Crippen molar-refractivity contribution in [3.8, 4) is 23.0 Å². The van der Waals surface area contributed by atoms with Crippen LogP contribution in [0.5, 0.6) is 23.0 Å². The molecule has 0 atom stereocenters. The van der Waals surface area contributed by atoms with Crippen molar-refractivity contribution in [3.05, 3.63) is 120 Å². The molecule has 4 aromatic rings. The number of carboxylic acid groups (broad SMARTS) is 2. The molecule has 0 unspecified atom stereocenters. The molecule has 3 fully saturated rings. The number of para-hydroxylation sites is 2. The van der Waals surface area contributed by atoms with Gasteiger partial charge in [-0.3, -0.25) is 19.2 Å². The Labute approximate surface area is 315 Å². The van der Waals surface area contributed by atoms with Crippen LogP contribution >= 0.6 is 0 Å². The molecule has 3 saturated carbocycles. The third-order valence-corrected chi connectivity index (χ3v) is 11.3. The lowest BCUT2D eigenvalue weighted by Crippen LogP contribution is -2.64. The first-order valence-electron chi connectivity index (χ1n) is 18.9. The third-order valence-electron chi connectivity index (χ3n) is 11.3. The number of hydrogen-bond donors (Lipinski definition) is 2. The highest BCUT2D eigenvalue weighted by Crippen LogP contribution is 2.49. The average molecular weight is 731 g/mol. The van der Waals surface area contributed by atoms with Crippen molar-refractivity contribution in [1.82, 2.24) is 9.80 Å². The Bertz CT molecular complexity index is 1760. The van der Waals surface area contributed by atoms with E-state index in [0.29, 0.717) is 36.1 Å². The van der Waals surface area contributed by atoms with Gasteiger partial charge in [-0.05, 0) is 97.2 Å². The van der Waals surface area contributed by atoms with E-state index in [-0.39, 0.29) is 24.9 Å². The van der Waals surface area contributed by atoms with Crippen molar-refractivity contribution in [2.24, 2.45) is 35.5 Å². The van der Waals surface area contributed by atoms with Gasteiger partial charge in [0.25, 0.3) is 0 Å². The number of carbonyl (C=O) groups is 4. The monoisotopic (exact) mass is 730 g/mol. The maximum Gasteiger partial charge on any atom is 0.308 e. The number of nitrogens with zero attached hydrogens (tertiary/aromatic N) is 2. The summed E-state index contributed by atoms with van der Waals surface area (Å²) in [5, 5.41) is 21.1. The number of hydrogen-bond acceptors (Lipinski definition) is 6. The van der Waals surface area contributed by atoms with Crippen LogP contribution in [0.4, 0.5) is 0 Å². The molecule has 0 aromatic heterocycles. The predicted molar refractivity (Wildman–Crippen MR) is 201 cm³/mol. The molecule has 2 N–H and O–H groups in total. The minimum absolute atomic E-state index is 0.187. The first-order valence-corrected chi connectivity index (χ1v) is 18.9. The molecule has 7 rings (SSSR count). The number of amides is 2. The van der Waals surface area contributed by atoms with Crippen molar-refractivity contribution in [1.29, 1.82) is 0 Å². The lowest BCUT2D eigenvalue weighted by atomic mass is 9.55. The molecule has 4 aromatic carbocycles. The van der Waals surface area contributed by atoms with E-state index in [1.807, 2.05) is 109 Å². The van der Waals surface area contributed by atoms with Crippen molar-refractivity contribution in [2.75, 3.05) is 13.1 Å². The fourth-order valence-electron chi connectivity index (χ4n) is 7.85. The van der Waals surface area contributed by atoms with Gasteiger partial charge < -0.3 is 29.5 Å². The van der Waals surface area contributed by atoms with E-state index in [1.165, 1.54) is 0 Å². The summed E-state index contributed by atoms with van der Waals surface area (Å²) >= 11 is 0. The molecule has 0 saturated heterocycles. The fourth-order valence-corrected chi connectivity index (χ4v) is 7.85. The summed E-state index contributed by atoms with van der Waals surface area (Å²) < 4.78 is 11.8. The van der Waals surface area contributed by atoms with Crippen LogP contribution in [0.15, 0.2) is 109 Å². The lowest BCUT2D eigenvalue weighted by Gasteiger charge is -2.49. The number of rotatable bonds is 16. The van der Waals surface area contributed by atoms with Crippen LogP contribution < -0.4 is 9.47 Å². The van der Waals surface area contributed by atoms with Crippen LogP contribution in [-0.2, 0) is 32.3 Å². The second-order valence-electron chi connectivity index (χ2n) is 14.9. The number of carbonyl (C=O) groups excluding carboxylic acids is 2. The van der Waals surface area contributed by atoms with Crippen LogP contribution in [0.1, 0.15) is 49.7 Å². The van der Waals surface area contributed by atoms with E-state index in [2.05, 4.69) is 0 Å². The summed E-state index contributed by atoms with van der Waals surface area (Å²) in [6.07, 6.45) is 5.87.